The summed E-state index contributed by atoms with van der Waals surface area (Å²) in [4.78, 5) is 11.7. The van der Waals surface area contributed by atoms with Gasteiger partial charge in [0.1, 0.15) is 23.0 Å². The number of nitrogen functional groups attached to an aromatic ring is 1. The molecule has 19 heavy (non-hydrogen) atoms. The van der Waals surface area contributed by atoms with Gasteiger partial charge in [-0.15, -0.1) is 0 Å². The molecule has 1 heterocycles. The molecule has 0 aliphatic heterocycles. The lowest BCUT2D eigenvalue weighted by Gasteiger charge is -2.05. The molecule has 1 aromatic heterocycles. The van der Waals surface area contributed by atoms with Crippen LogP contribution in [0.4, 0.5) is 24.7 Å². The SMILES string of the molecule is Cc1[nH]nc(NC(=O)c2c(F)cc(F)cc2F)c1N. The van der Waals surface area contributed by atoms with Crippen LogP contribution in [0.5, 0.6) is 0 Å². The van der Waals surface area contributed by atoms with Gasteiger partial charge in [0, 0.05) is 12.1 Å². The molecule has 2 aromatic rings. The van der Waals surface area contributed by atoms with Gasteiger partial charge in [-0.1, -0.05) is 0 Å². The Kier molecular flexibility index (Phi) is 3.16. The number of amides is 1. The maximum absolute atomic E-state index is 13.4. The number of rotatable bonds is 2. The third kappa shape index (κ3) is 2.37. The molecule has 0 radical (unpaired) electrons. The van der Waals surface area contributed by atoms with Crippen LogP contribution in [-0.4, -0.2) is 16.1 Å². The third-order valence-electron chi connectivity index (χ3n) is 2.46. The number of hydrogen-bond donors (Lipinski definition) is 3. The average Bonchev–Trinajstić information content (AvgIpc) is 2.59. The Morgan fingerprint density at radius 3 is 2.37 bits per heavy atom. The molecular formula is C11H9F3N4O. The Bertz CT molecular complexity index is 630. The fourth-order valence-electron chi connectivity index (χ4n) is 1.46. The molecule has 0 aliphatic rings. The van der Waals surface area contributed by atoms with Gasteiger partial charge in [-0.25, -0.2) is 13.2 Å². The molecular weight excluding hydrogens is 261 g/mol. The summed E-state index contributed by atoms with van der Waals surface area (Å²) in [6.45, 7) is 1.61. The highest BCUT2D eigenvalue weighted by atomic mass is 19.1. The summed E-state index contributed by atoms with van der Waals surface area (Å²) in [5.74, 6) is -4.87. The Morgan fingerprint density at radius 1 is 1.32 bits per heavy atom. The molecule has 2 rings (SSSR count). The van der Waals surface area contributed by atoms with Crippen LogP contribution in [0.1, 0.15) is 16.1 Å². The highest BCUT2D eigenvalue weighted by Gasteiger charge is 2.20. The number of carbonyl (C=O) groups excluding carboxylic acids is 1. The van der Waals surface area contributed by atoms with Gasteiger partial charge < -0.3 is 11.1 Å². The molecule has 0 spiro atoms. The predicted molar refractivity (Wildman–Crippen MR) is 62.0 cm³/mol. The Labute approximate surface area is 105 Å². The number of halogens is 3. The first-order chi connectivity index (χ1) is 8.90. The molecule has 4 N–H and O–H groups in total. The summed E-state index contributed by atoms with van der Waals surface area (Å²) in [5.41, 5.74) is 5.32. The number of aryl methyl sites for hydroxylation is 1. The van der Waals surface area contributed by atoms with Gasteiger partial charge in [0.2, 0.25) is 0 Å². The highest BCUT2D eigenvalue weighted by molar-refractivity contribution is 6.05. The van der Waals surface area contributed by atoms with Crippen LogP contribution in [0.3, 0.4) is 0 Å². The lowest BCUT2D eigenvalue weighted by molar-refractivity contribution is 0.101. The summed E-state index contributed by atoms with van der Waals surface area (Å²) in [6.07, 6.45) is 0. The molecule has 0 saturated carbocycles. The molecule has 100 valence electrons. The Hall–Kier alpha value is -2.51. The van der Waals surface area contributed by atoms with E-state index in [1.165, 1.54) is 0 Å². The van der Waals surface area contributed by atoms with Crippen molar-refractivity contribution >= 4 is 17.4 Å². The van der Waals surface area contributed by atoms with Crippen molar-refractivity contribution in [2.45, 2.75) is 6.92 Å². The van der Waals surface area contributed by atoms with E-state index < -0.39 is 28.9 Å². The van der Waals surface area contributed by atoms with E-state index in [2.05, 4.69) is 15.5 Å². The molecule has 0 saturated heterocycles. The quantitative estimate of drug-likeness (QED) is 0.780. The van der Waals surface area contributed by atoms with Crippen LogP contribution in [0.15, 0.2) is 12.1 Å². The summed E-state index contributed by atoms with van der Waals surface area (Å²) in [6, 6.07) is 0.828. The zero-order chi connectivity index (χ0) is 14.2. The van der Waals surface area contributed by atoms with Crippen molar-refractivity contribution < 1.29 is 18.0 Å². The second-order valence-corrected chi connectivity index (χ2v) is 3.81. The van der Waals surface area contributed by atoms with Crippen molar-refractivity contribution in [2.75, 3.05) is 11.1 Å². The van der Waals surface area contributed by atoms with E-state index in [0.29, 0.717) is 17.8 Å². The number of hydrogen-bond acceptors (Lipinski definition) is 3. The summed E-state index contributed by atoms with van der Waals surface area (Å²) in [7, 11) is 0. The topological polar surface area (TPSA) is 83.8 Å². The van der Waals surface area contributed by atoms with E-state index >= 15 is 0 Å². The van der Waals surface area contributed by atoms with Crippen LogP contribution < -0.4 is 11.1 Å². The van der Waals surface area contributed by atoms with E-state index in [9.17, 15) is 18.0 Å². The first kappa shape index (κ1) is 12.9. The second-order valence-electron chi connectivity index (χ2n) is 3.81. The van der Waals surface area contributed by atoms with Crippen LogP contribution in [-0.2, 0) is 0 Å². The lowest BCUT2D eigenvalue weighted by atomic mass is 10.1. The Balaban J connectivity index is 2.33. The van der Waals surface area contributed by atoms with Crippen molar-refractivity contribution in [2.24, 2.45) is 0 Å². The minimum Gasteiger partial charge on any atom is -0.394 e. The van der Waals surface area contributed by atoms with Gasteiger partial charge in [-0.2, -0.15) is 5.10 Å². The summed E-state index contributed by atoms with van der Waals surface area (Å²) >= 11 is 0. The van der Waals surface area contributed by atoms with E-state index in [0.717, 1.165) is 0 Å². The van der Waals surface area contributed by atoms with Gasteiger partial charge in [-0.05, 0) is 6.92 Å². The molecule has 0 fully saturated rings. The standard InChI is InChI=1S/C11H9F3N4O/c1-4-9(15)10(18-17-4)16-11(19)8-6(13)2-5(12)3-7(8)14/h2-3H,15H2,1H3,(H2,16,17,18,19). The first-order valence-corrected chi connectivity index (χ1v) is 5.16. The first-order valence-electron chi connectivity index (χ1n) is 5.16. The lowest BCUT2D eigenvalue weighted by Crippen LogP contribution is -2.17. The van der Waals surface area contributed by atoms with Gasteiger partial charge >= 0.3 is 0 Å². The normalized spacial score (nSPS) is 10.5. The molecule has 1 amide bonds. The number of H-pyrrole nitrogens is 1. The minimum atomic E-state index is -1.30. The molecule has 0 atom stereocenters. The van der Waals surface area contributed by atoms with Crippen molar-refractivity contribution in [1.82, 2.24) is 10.2 Å². The summed E-state index contributed by atoms with van der Waals surface area (Å²) in [5, 5.41) is 8.29. The molecule has 8 heteroatoms. The van der Waals surface area contributed by atoms with Crippen molar-refractivity contribution in [3.05, 3.63) is 40.8 Å². The number of benzene rings is 1. The van der Waals surface area contributed by atoms with Crippen LogP contribution in [0, 0.1) is 24.4 Å². The molecule has 1 aromatic carbocycles. The Morgan fingerprint density at radius 2 is 1.89 bits per heavy atom. The maximum atomic E-state index is 13.4. The van der Waals surface area contributed by atoms with Crippen molar-refractivity contribution in [3.63, 3.8) is 0 Å². The van der Waals surface area contributed by atoms with Crippen LogP contribution >= 0.6 is 0 Å². The minimum absolute atomic E-state index is 0.0503. The van der Waals surface area contributed by atoms with E-state index in [4.69, 9.17) is 5.73 Å². The smallest absolute Gasteiger partial charge is 0.262 e. The van der Waals surface area contributed by atoms with E-state index in [1.807, 2.05) is 0 Å². The average molecular weight is 270 g/mol. The number of anilines is 2. The molecule has 0 unspecified atom stereocenters. The van der Waals surface area contributed by atoms with Gasteiger partial charge in [0.25, 0.3) is 5.91 Å². The summed E-state index contributed by atoms with van der Waals surface area (Å²) < 4.78 is 39.5. The number of aromatic nitrogens is 2. The number of carbonyl (C=O) groups is 1. The van der Waals surface area contributed by atoms with Gasteiger partial charge in [0.05, 0.1) is 11.4 Å². The van der Waals surface area contributed by atoms with Crippen molar-refractivity contribution in [3.8, 4) is 0 Å². The van der Waals surface area contributed by atoms with Crippen LogP contribution in [0.25, 0.3) is 0 Å². The molecule has 0 aliphatic carbocycles. The second kappa shape index (κ2) is 4.63. The predicted octanol–water partition coefficient (Wildman–Crippen LogP) is 1.97. The molecule has 0 bridgehead atoms. The monoisotopic (exact) mass is 270 g/mol. The third-order valence-corrected chi connectivity index (χ3v) is 2.46. The number of nitrogens with two attached hydrogens (primary N) is 1. The van der Waals surface area contributed by atoms with Crippen LogP contribution in [0.2, 0.25) is 0 Å². The van der Waals surface area contributed by atoms with Gasteiger partial charge in [0.15, 0.2) is 5.82 Å². The zero-order valence-corrected chi connectivity index (χ0v) is 9.72. The maximum Gasteiger partial charge on any atom is 0.262 e. The van der Waals surface area contributed by atoms with E-state index in [-0.39, 0.29) is 11.5 Å². The zero-order valence-electron chi connectivity index (χ0n) is 9.72. The fraction of sp³-hybridized carbons (Fsp3) is 0.0909. The largest absolute Gasteiger partial charge is 0.394 e. The molecule has 5 nitrogen and oxygen atoms in total. The highest BCUT2D eigenvalue weighted by Crippen LogP contribution is 2.21. The number of nitrogens with zero attached hydrogens (tertiary/aromatic N) is 1. The number of nitrogens with one attached hydrogen (secondary N) is 2. The fourth-order valence-corrected chi connectivity index (χ4v) is 1.46. The van der Waals surface area contributed by atoms with E-state index in [1.54, 1.807) is 6.92 Å². The van der Waals surface area contributed by atoms with Gasteiger partial charge in [-0.3, -0.25) is 9.89 Å². The number of aromatic amines is 1. The van der Waals surface area contributed by atoms with Crippen molar-refractivity contribution in [1.29, 1.82) is 0 Å².